The van der Waals surface area contributed by atoms with E-state index < -0.39 is 0 Å². The van der Waals surface area contributed by atoms with E-state index in [4.69, 9.17) is 27.9 Å². The van der Waals surface area contributed by atoms with E-state index in [0.717, 1.165) is 12.2 Å². The number of nitrogens with zero attached hydrogens (tertiary/aromatic N) is 2. The average Bonchev–Trinajstić information content (AvgIpc) is 3.27. The summed E-state index contributed by atoms with van der Waals surface area (Å²) in [7, 11) is 0. The Morgan fingerprint density at radius 3 is 2.75 bits per heavy atom. The molecule has 1 aromatic carbocycles. The number of hydrogen-bond donors (Lipinski definition) is 1. The van der Waals surface area contributed by atoms with Gasteiger partial charge in [-0.25, -0.2) is 4.98 Å². The van der Waals surface area contributed by atoms with Crippen LogP contribution in [0.25, 0.3) is 0 Å². The highest BCUT2D eigenvalue weighted by Crippen LogP contribution is 2.33. The third-order valence-electron chi connectivity index (χ3n) is 2.96. The van der Waals surface area contributed by atoms with E-state index in [0.29, 0.717) is 27.7 Å². The molecule has 4 nitrogen and oxygen atoms in total. The van der Waals surface area contributed by atoms with E-state index >= 15 is 0 Å². The topological polar surface area (TPSA) is 47.0 Å². The second-order valence-electron chi connectivity index (χ2n) is 4.66. The van der Waals surface area contributed by atoms with Crippen LogP contribution in [0.5, 0.6) is 11.6 Å². The Hall–Kier alpha value is -1.36. The molecule has 1 aliphatic rings. The van der Waals surface area contributed by atoms with Crippen LogP contribution >= 0.6 is 23.2 Å². The zero-order chi connectivity index (χ0) is 13.9. The van der Waals surface area contributed by atoms with Gasteiger partial charge in [-0.1, -0.05) is 29.3 Å². The largest absolute Gasteiger partial charge is 0.436 e. The Morgan fingerprint density at radius 2 is 2.05 bits per heavy atom. The predicted molar refractivity (Wildman–Crippen MR) is 78.4 cm³/mol. The Labute approximate surface area is 127 Å². The van der Waals surface area contributed by atoms with Gasteiger partial charge >= 0.3 is 0 Å². The van der Waals surface area contributed by atoms with Crippen LogP contribution in [-0.2, 0) is 6.54 Å². The fourth-order valence-electron chi connectivity index (χ4n) is 1.70. The first-order chi connectivity index (χ1) is 9.72. The molecule has 1 aromatic heterocycles. The predicted octanol–water partition coefficient (Wildman–Crippen LogP) is 3.83. The van der Waals surface area contributed by atoms with Crippen LogP contribution in [0.2, 0.25) is 10.0 Å². The smallest absolute Gasteiger partial charge is 0.237 e. The highest BCUT2D eigenvalue weighted by atomic mass is 35.5. The number of nitrogens with one attached hydrogen (secondary N) is 1. The summed E-state index contributed by atoms with van der Waals surface area (Å²) >= 11 is 12.0. The molecule has 0 atom stereocenters. The molecule has 1 aliphatic carbocycles. The minimum Gasteiger partial charge on any atom is -0.436 e. The minimum atomic E-state index is 0.371. The number of hydrogen-bond acceptors (Lipinski definition) is 4. The quantitative estimate of drug-likeness (QED) is 0.912. The summed E-state index contributed by atoms with van der Waals surface area (Å²) in [6.07, 6.45) is 5.79. The molecule has 6 heteroatoms. The molecule has 0 saturated heterocycles. The standard InChI is InChI=1S/C14H13Cl2N3O/c15-11-2-1-3-12(14(11)16)20-13-8-18-10(7-19-13)6-17-9-4-5-9/h1-3,7-9,17H,4-6H2. The molecule has 20 heavy (non-hydrogen) atoms. The molecule has 3 rings (SSSR count). The van der Waals surface area contributed by atoms with E-state index in [2.05, 4.69) is 15.3 Å². The molecular weight excluding hydrogens is 297 g/mol. The molecule has 1 heterocycles. The molecule has 1 fully saturated rings. The SMILES string of the molecule is Clc1cccc(Oc2cnc(CNC3CC3)cn2)c1Cl. The zero-order valence-corrected chi connectivity index (χ0v) is 12.2. The first-order valence-electron chi connectivity index (χ1n) is 6.38. The lowest BCUT2D eigenvalue weighted by molar-refractivity contribution is 0.459. The lowest BCUT2D eigenvalue weighted by atomic mass is 10.3. The number of aromatic nitrogens is 2. The fourth-order valence-corrected chi connectivity index (χ4v) is 2.03. The van der Waals surface area contributed by atoms with Gasteiger partial charge in [-0.2, -0.15) is 0 Å². The fraction of sp³-hybridized carbons (Fsp3) is 0.286. The molecule has 2 aromatic rings. The van der Waals surface area contributed by atoms with Crippen LogP contribution < -0.4 is 10.1 Å². The van der Waals surface area contributed by atoms with Gasteiger partial charge in [-0.15, -0.1) is 0 Å². The Balaban J connectivity index is 1.66. The first-order valence-corrected chi connectivity index (χ1v) is 7.14. The van der Waals surface area contributed by atoms with Gasteiger partial charge in [0.2, 0.25) is 5.88 Å². The molecule has 0 aliphatic heterocycles. The van der Waals surface area contributed by atoms with Crippen molar-refractivity contribution in [2.45, 2.75) is 25.4 Å². The number of benzene rings is 1. The summed E-state index contributed by atoms with van der Waals surface area (Å²) in [6.45, 7) is 0.732. The van der Waals surface area contributed by atoms with Gasteiger partial charge in [0.25, 0.3) is 0 Å². The van der Waals surface area contributed by atoms with Crippen molar-refractivity contribution in [3.63, 3.8) is 0 Å². The van der Waals surface area contributed by atoms with Gasteiger partial charge in [0, 0.05) is 12.6 Å². The summed E-state index contributed by atoms with van der Waals surface area (Å²) in [5.41, 5.74) is 0.890. The summed E-state index contributed by atoms with van der Waals surface area (Å²) in [4.78, 5) is 8.52. The van der Waals surface area contributed by atoms with E-state index in [1.165, 1.54) is 12.8 Å². The summed E-state index contributed by atoms with van der Waals surface area (Å²) in [5.74, 6) is 0.863. The lowest BCUT2D eigenvalue weighted by Gasteiger charge is -2.08. The summed E-state index contributed by atoms with van der Waals surface area (Å²) in [5, 5.41) is 4.19. The maximum absolute atomic E-state index is 6.05. The van der Waals surface area contributed by atoms with Gasteiger partial charge in [0.15, 0.2) is 0 Å². The van der Waals surface area contributed by atoms with Crippen molar-refractivity contribution in [1.82, 2.24) is 15.3 Å². The minimum absolute atomic E-state index is 0.371. The highest BCUT2D eigenvalue weighted by molar-refractivity contribution is 6.42. The van der Waals surface area contributed by atoms with Gasteiger partial charge in [-0.3, -0.25) is 4.98 Å². The summed E-state index contributed by atoms with van der Waals surface area (Å²) in [6, 6.07) is 5.86. The Morgan fingerprint density at radius 1 is 1.20 bits per heavy atom. The Bertz CT molecular complexity index is 600. The van der Waals surface area contributed by atoms with E-state index in [1.54, 1.807) is 30.6 Å². The first kappa shape index (κ1) is 13.6. The molecule has 0 radical (unpaired) electrons. The van der Waals surface area contributed by atoms with Gasteiger partial charge < -0.3 is 10.1 Å². The molecule has 1 N–H and O–H groups in total. The third-order valence-corrected chi connectivity index (χ3v) is 3.76. The molecule has 104 valence electrons. The monoisotopic (exact) mass is 309 g/mol. The van der Waals surface area contributed by atoms with Crippen LogP contribution in [-0.4, -0.2) is 16.0 Å². The molecular formula is C14H13Cl2N3O. The summed E-state index contributed by atoms with van der Waals surface area (Å²) < 4.78 is 5.57. The van der Waals surface area contributed by atoms with Crippen molar-refractivity contribution in [2.75, 3.05) is 0 Å². The number of rotatable bonds is 5. The normalized spacial score (nSPS) is 14.3. The van der Waals surface area contributed by atoms with E-state index in [1.807, 2.05) is 0 Å². The maximum atomic E-state index is 6.05. The third kappa shape index (κ3) is 3.39. The van der Waals surface area contributed by atoms with E-state index in [-0.39, 0.29) is 0 Å². The van der Waals surface area contributed by atoms with E-state index in [9.17, 15) is 0 Å². The zero-order valence-electron chi connectivity index (χ0n) is 10.6. The van der Waals surface area contributed by atoms with Crippen LogP contribution in [0.1, 0.15) is 18.5 Å². The highest BCUT2D eigenvalue weighted by Gasteiger charge is 2.20. The number of ether oxygens (including phenoxy) is 1. The maximum Gasteiger partial charge on any atom is 0.237 e. The molecule has 0 spiro atoms. The van der Waals surface area contributed by atoms with Crippen LogP contribution in [0.4, 0.5) is 0 Å². The van der Waals surface area contributed by atoms with Gasteiger partial charge in [-0.05, 0) is 25.0 Å². The molecule has 0 unspecified atom stereocenters. The van der Waals surface area contributed by atoms with Crippen LogP contribution in [0.15, 0.2) is 30.6 Å². The average molecular weight is 310 g/mol. The molecule has 0 amide bonds. The van der Waals surface area contributed by atoms with Gasteiger partial charge in [0.1, 0.15) is 10.8 Å². The van der Waals surface area contributed by atoms with Crippen molar-refractivity contribution in [3.8, 4) is 11.6 Å². The van der Waals surface area contributed by atoms with Crippen molar-refractivity contribution < 1.29 is 4.74 Å². The van der Waals surface area contributed by atoms with Crippen LogP contribution in [0.3, 0.4) is 0 Å². The van der Waals surface area contributed by atoms with Crippen molar-refractivity contribution in [3.05, 3.63) is 46.3 Å². The van der Waals surface area contributed by atoms with Crippen molar-refractivity contribution >= 4 is 23.2 Å². The Kier molecular flexibility index (Phi) is 4.05. The second-order valence-corrected chi connectivity index (χ2v) is 5.44. The molecule has 0 bridgehead atoms. The number of halogens is 2. The van der Waals surface area contributed by atoms with Gasteiger partial charge in [0.05, 0.1) is 23.1 Å². The van der Waals surface area contributed by atoms with Crippen molar-refractivity contribution in [1.29, 1.82) is 0 Å². The van der Waals surface area contributed by atoms with Crippen molar-refractivity contribution in [2.24, 2.45) is 0 Å². The molecule has 1 saturated carbocycles. The second kappa shape index (κ2) is 5.95. The lowest BCUT2D eigenvalue weighted by Crippen LogP contribution is -2.16. The van der Waals surface area contributed by atoms with Crippen LogP contribution in [0, 0.1) is 0 Å².